The van der Waals surface area contributed by atoms with Crippen molar-refractivity contribution >= 4 is 22.9 Å². The predicted octanol–water partition coefficient (Wildman–Crippen LogP) is 4.89. The van der Waals surface area contributed by atoms with E-state index in [2.05, 4.69) is 32.7 Å². The van der Waals surface area contributed by atoms with E-state index in [0.717, 1.165) is 16.4 Å². The first-order valence-electron chi connectivity index (χ1n) is 8.75. The lowest BCUT2D eigenvalue weighted by Crippen LogP contribution is -2.39. The molecule has 2 aromatic rings. The van der Waals surface area contributed by atoms with Gasteiger partial charge in [-0.25, -0.2) is 4.98 Å². The number of aromatic nitrogens is 1. The lowest BCUT2D eigenvalue weighted by molar-refractivity contribution is 0.0979. The second-order valence-electron chi connectivity index (χ2n) is 7.73. The van der Waals surface area contributed by atoms with E-state index in [0.29, 0.717) is 10.8 Å². The summed E-state index contributed by atoms with van der Waals surface area (Å²) in [6.45, 7) is 8.50. The SMILES string of the molecule is COc1ccc(N(C(=O)c2cnc(C(C)(C)C)s2)[C@@H](C)C2CC2)cc1. The number of thiazole rings is 1. The minimum Gasteiger partial charge on any atom is -0.497 e. The topological polar surface area (TPSA) is 42.4 Å². The maximum Gasteiger partial charge on any atom is 0.270 e. The fourth-order valence-electron chi connectivity index (χ4n) is 2.91. The first kappa shape index (κ1) is 17.9. The van der Waals surface area contributed by atoms with Crippen molar-refractivity contribution in [2.45, 2.75) is 52.0 Å². The fraction of sp³-hybridized carbons (Fsp3) is 0.500. The summed E-state index contributed by atoms with van der Waals surface area (Å²) in [7, 11) is 1.65. The Morgan fingerprint density at radius 2 is 1.92 bits per heavy atom. The van der Waals surface area contributed by atoms with Crippen LogP contribution in [0.1, 0.15) is 55.2 Å². The van der Waals surface area contributed by atoms with Gasteiger partial charge in [0.15, 0.2) is 0 Å². The Hall–Kier alpha value is -1.88. The number of ether oxygens (including phenoxy) is 1. The second kappa shape index (κ2) is 6.79. The van der Waals surface area contributed by atoms with E-state index in [-0.39, 0.29) is 17.4 Å². The average Bonchev–Trinajstić information content (AvgIpc) is 3.30. The van der Waals surface area contributed by atoms with Gasteiger partial charge in [0, 0.05) is 17.1 Å². The summed E-state index contributed by atoms with van der Waals surface area (Å²) >= 11 is 1.50. The van der Waals surface area contributed by atoms with Crippen molar-refractivity contribution in [1.82, 2.24) is 4.98 Å². The molecule has 5 heteroatoms. The van der Waals surface area contributed by atoms with Crippen LogP contribution in [0, 0.1) is 5.92 Å². The van der Waals surface area contributed by atoms with Crippen molar-refractivity contribution in [2.75, 3.05) is 12.0 Å². The Kier molecular flexibility index (Phi) is 4.87. The molecule has 1 aliphatic rings. The third kappa shape index (κ3) is 3.87. The minimum atomic E-state index is -0.0454. The highest BCUT2D eigenvalue weighted by Crippen LogP contribution is 2.38. The minimum absolute atomic E-state index is 0.0394. The summed E-state index contributed by atoms with van der Waals surface area (Å²) in [6.07, 6.45) is 4.11. The molecule has 0 spiro atoms. The van der Waals surface area contributed by atoms with Gasteiger partial charge in [0.05, 0.1) is 18.3 Å². The van der Waals surface area contributed by atoms with E-state index in [4.69, 9.17) is 4.74 Å². The smallest absolute Gasteiger partial charge is 0.270 e. The molecule has 0 saturated heterocycles. The van der Waals surface area contributed by atoms with Crippen LogP contribution >= 0.6 is 11.3 Å². The Bertz CT molecular complexity index is 742. The van der Waals surface area contributed by atoms with E-state index in [1.54, 1.807) is 13.3 Å². The number of amides is 1. The predicted molar refractivity (Wildman–Crippen MR) is 103 cm³/mol. The molecule has 1 atom stereocenters. The molecule has 1 aromatic heterocycles. The maximum absolute atomic E-state index is 13.3. The molecule has 0 radical (unpaired) electrons. The Morgan fingerprint density at radius 1 is 1.28 bits per heavy atom. The molecule has 0 aliphatic heterocycles. The number of nitrogens with zero attached hydrogens (tertiary/aromatic N) is 2. The average molecular weight is 359 g/mol. The number of hydrogen-bond acceptors (Lipinski definition) is 4. The summed E-state index contributed by atoms with van der Waals surface area (Å²) < 4.78 is 5.24. The largest absolute Gasteiger partial charge is 0.497 e. The van der Waals surface area contributed by atoms with Crippen LogP contribution in [0.25, 0.3) is 0 Å². The van der Waals surface area contributed by atoms with Crippen LogP contribution in [-0.4, -0.2) is 24.0 Å². The van der Waals surface area contributed by atoms with Gasteiger partial charge in [0.25, 0.3) is 5.91 Å². The Balaban J connectivity index is 1.93. The summed E-state index contributed by atoms with van der Waals surface area (Å²) in [5, 5.41) is 0.990. The van der Waals surface area contributed by atoms with Gasteiger partial charge in [0.1, 0.15) is 10.6 Å². The molecule has 1 aromatic carbocycles. The van der Waals surface area contributed by atoms with Gasteiger partial charge >= 0.3 is 0 Å². The summed E-state index contributed by atoms with van der Waals surface area (Å²) in [5.41, 5.74) is 0.867. The molecular formula is C20H26N2O2S. The number of rotatable bonds is 5. The van der Waals surface area contributed by atoms with Crippen molar-refractivity contribution in [3.8, 4) is 5.75 Å². The zero-order valence-electron chi connectivity index (χ0n) is 15.6. The molecule has 1 aliphatic carbocycles. The van der Waals surface area contributed by atoms with Gasteiger partial charge < -0.3 is 9.64 Å². The van der Waals surface area contributed by atoms with Crippen LogP contribution in [0.4, 0.5) is 5.69 Å². The van der Waals surface area contributed by atoms with E-state index >= 15 is 0 Å². The van der Waals surface area contributed by atoms with Crippen molar-refractivity contribution in [3.05, 3.63) is 40.3 Å². The van der Waals surface area contributed by atoms with Gasteiger partial charge in [-0.1, -0.05) is 20.8 Å². The standard InChI is InChI=1S/C20H26N2O2S/c1-13(14-6-7-14)22(15-8-10-16(24-5)11-9-15)18(23)17-12-21-19(25-17)20(2,3)4/h8-14H,6-7H2,1-5H3/t13-/m0/s1. The number of anilines is 1. The van der Waals surface area contributed by atoms with Gasteiger partial charge in [-0.3, -0.25) is 4.79 Å². The molecule has 1 fully saturated rings. The van der Waals surface area contributed by atoms with Crippen LogP contribution in [0.15, 0.2) is 30.5 Å². The van der Waals surface area contributed by atoms with Crippen LogP contribution in [0.3, 0.4) is 0 Å². The quantitative estimate of drug-likeness (QED) is 0.764. The number of carbonyl (C=O) groups excluding carboxylic acids is 1. The fourth-order valence-corrected chi connectivity index (χ4v) is 3.82. The molecule has 1 saturated carbocycles. The highest BCUT2D eigenvalue weighted by Gasteiger charge is 2.36. The van der Waals surface area contributed by atoms with Crippen LogP contribution < -0.4 is 9.64 Å². The number of benzene rings is 1. The molecule has 25 heavy (non-hydrogen) atoms. The maximum atomic E-state index is 13.3. The highest BCUT2D eigenvalue weighted by atomic mass is 32.1. The third-order valence-corrected chi connectivity index (χ3v) is 6.05. The zero-order chi connectivity index (χ0) is 18.2. The van der Waals surface area contributed by atoms with Crippen molar-refractivity contribution in [1.29, 1.82) is 0 Å². The van der Waals surface area contributed by atoms with Gasteiger partial charge in [0.2, 0.25) is 0 Å². The van der Waals surface area contributed by atoms with Crippen LogP contribution in [0.2, 0.25) is 0 Å². The number of hydrogen-bond donors (Lipinski definition) is 0. The van der Waals surface area contributed by atoms with Crippen LogP contribution in [-0.2, 0) is 5.41 Å². The molecule has 1 amide bonds. The first-order chi connectivity index (χ1) is 11.8. The highest BCUT2D eigenvalue weighted by molar-refractivity contribution is 7.13. The van der Waals surface area contributed by atoms with E-state index < -0.39 is 0 Å². The van der Waals surface area contributed by atoms with Gasteiger partial charge in [-0.15, -0.1) is 11.3 Å². The lowest BCUT2D eigenvalue weighted by Gasteiger charge is -2.29. The lowest BCUT2D eigenvalue weighted by atomic mass is 9.98. The monoisotopic (exact) mass is 358 g/mol. The molecule has 4 nitrogen and oxygen atoms in total. The van der Waals surface area contributed by atoms with E-state index in [9.17, 15) is 4.79 Å². The molecular weight excluding hydrogens is 332 g/mol. The summed E-state index contributed by atoms with van der Waals surface area (Å²) in [4.78, 5) is 20.4. The molecule has 0 bridgehead atoms. The van der Waals surface area contributed by atoms with E-state index in [1.807, 2.05) is 29.2 Å². The van der Waals surface area contributed by atoms with E-state index in [1.165, 1.54) is 24.2 Å². The van der Waals surface area contributed by atoms with Gasteiger partial charge in [-0.05, 0) is 49.9 Å². The van der Waals surface area contributed by atoms with Crippen molar-refractivity contribution < 1.29 is 9.53 Å². The molecule has 0 unspecified atom stereocenters. The molecule has 1 heterocycles. The molecule has 0 N–H and O–H groups in total. The van der Waals surface area contributed by atoms with Crippen molar-refractivity contribution in [3.63, 3.8) is 0 Å². The molecule has 134 valence electrons. The summed E-state index contributed by atoms with van der Waals surface area (Å²) in [5.74, 6) is 1.42. The van der Waals surface area contributed by atoms with Gasteiger partial charge in [-0.2, -0.15) is 0 Å². The third-order valence-electron chi connectivity index (χ3n) is 4.64. The Morgan fingerprint density at radius 3 is 2.40 bits per heavy atom. The zero-order valence-corrected chi connectivity index (χ0v) is 16.4. The summed E-state index contributed by atoms with van der Waals surface area (Å²) in [6, 6.07) is 7.91. The molecule has 3 rings (SSSR count). The van der Waals surface area contributed by atoms with Crippen molar-refractivity contribution in [2.24, 2.45) is 5.92 Å². The number of methoxy groups -OCH3 is 1. The second-order valence-corrected chi connectivity index (χ2v) is 8.76. The first-order valence-corrected chi connectivity index (χ1v) is 9.57. The number of carbonyl (C=O) groups is 1. The van der Waals surface area contributed by atoms with Crippen LogP contribution in [0.5, 0.6) is 5.75 Å². The Labute approximate surface area is 153 Å². The normalized spacial score (nSPS) is 15.7.